The molecule has 2 aromatic carbocycles. The largest absolute Gasteiger partial charge is 0.423 e. The van der Waals surface area contributed by atoms with E-state index in [0.717, 1.165) is 22.0 Å². The van der Waals surface area contributed by atoms with Crippen molar-refractivity contribution in [2.75, 3.05) is 18.0 Å². The maximum absolute atomic E-state index is 12.5. The molecule has 4 aromatic rings. The Labute approximate surface area is 178 Å². The minimum absolute atomic E-state index is 0.189. The van der Waals surface area contributed by atoms with Crippen molar-refractivity contribution in [1.82, 2.24) is 20.8 Å². The summed E-state index contributed by atoms with van der Waals surface area (Å²) in [7, 11) is 0. The van der Waals surface area contributed by atoms with E-state index in [4.69, 9.17) is 4.42 Å². The van der Waals surface area contributed by atoms with Gasteiger partial charge in [0.15, 0.2) is 5.58 Å². The van der Waals surface area contributed by atoms with Crippen molar-refractivity contribution in [2.45, 2.75) is 12.8 Å². The second-order valence-corrected chi connectivity index (χ2v) is 7.56. The number of piperidine rings is 1. The molecular formula is C23H21N5O3. The van der Waals surface area contributed by atoms with Crippen LogP contribution in [0.1, 0.15) is 23.3 Å². The van der Waals surface area contributed by atoms with Crippen molar-refractivity contribution in [3.63, 3.8) is 0 Å². The molecule has 0 bridgehead atoms. The molecule has 0 spiro atoms. The molecule has 0 radical (unpaired) electrons. The molecular weight excluding hydrogens is 394 g/mol. The van der Waals surface area contributed by atoms with Crippen LogP contribution in [0.25, 0.3) is 22.0 Å². The zero-order chi connectivity index (χ0) is 21.2. The summed E-state index contributed by atoms with van der Waals surface area (Å²) in [4.78, 5) is 35.8. The first-order chi connectivity index (χ1) is 15.2. The Morgan fingerprint density at radius 3 is 2.42 bits per heavy atom. The van der Waals surface area contributed by atoms with E-state index in [1.807, 2.05) is 59.5 Å². The van der Waals surface area contributed by atoms with Gasteiger partial charge in [-0.1, -0.05) is 36.4 Å². The van der Waals surface area contributed by atoms with E-state index in [2.05, 4.69) is 20.8 Å². The highest BCUT2D eigenvalue weighted by atomic mass is 16.4. The number of oxazole rings is 1. The maximum Gasteiger partial charge on any atom is 0.298 e. The lowest BCUT2D eigenvalue weighted by Crippen LogP contribution is -2.47. The number of aromatic nitrogens is 2. The molecule has 0 atom stereocenters. The Kier molecular flexibility index (Phi) is 4.95. The number of nitrogens with zero attached hydrogens (tertiary/aromatic N) is 3. The Hall–Kier alpha value is -3.94. The molecule has 156 valence electrons. The molecule has 1 aliphatic rings. The van der Waals surface area contributed by atoms with Gasteiger partial charge in [-0.25, -0.2) is 4.98 Å². The Balaban J connectivity index is 1.15. The fraction of sp³-hybridized carbons (Fsp3) is 0.217. The van der Waals surface area contributed by atoms with Gasteiger partial charge in [-0.2, -0.15) is 4.98 Å². The summed E-state index contributed by atoms with van der Waals surface area (Å²) in [5, 5.41) is 0.953. The predicted octanol–water partition coefficient (Wildman–Crippen LogP) is 3.05. The number of carbonyl (C=O) groups is 2. The molecule has 1 aliphatic heterocycles. The molecule has 1 fully saturated rings. The summed E-state index contributed by atoms with van der Waals surface area (Å²) in [6.45, 7) is 1.32. The van der Waals surface area contributed by atoms with Crippen LogP contribution in [0.15, 0.2) is 65.1 Å². The van der Waals surface area contributed by atoms with Gasteiger partial charge < -0.3 is 9.32 Å². The molecule has 8 nitrogen and oxygen atoms in total. The third kappa shape index (κ3) is 3.92. The number of anilines is 1. The smallest absolute Gasteiger partial charge is 0.298 e. The minimum Gasteiger partial charge on any atom is -0.423 e. The van der Waals surface area contributed by atoms with Crippen molar-refractivity contribution >= 4 is 39.8 Å². The van der Waals surface area contributed by atoms with E-state index >= 15 is 0 Å². The van der Waals surface area contributed by atoms with Gasteiger partial charge in [-0.3, -0.25) is 20.4 Å². The Morgan fingerprint density at radius 2 is 1.61 bits per heavy atom. The van der Waals surface area contributed by atoms with Crippen LogP contribution in [-0.4, -0.2) is 34.9 Å². The van der Waals surface area contributed by atoms with Crippen molar-refractivity contribution in [1.29, 1.82) is 0 Å². The fourth-order valence-corrected chi connectivity index (χ4v) is 3.81. The van der Waals surface area contributed by atoms with E-state index in [1.165, 1.54) is 0 Å². The summed E-state index contributed by atoms with van der Waals surface area (Å²) in [6, 6.07) is 19.2. The van der Waals surface area contributed by atoms with E-state index in [0.29, 0.717) is 31.9 Å². The number of benzene rings is 2. The van der Waals surface area contributed by atoms with Gasteiger partial charge in [0, 0.05) is 24.4 Å². The highest BCUT2D eigenvalue weighted by molar-refractivity contribution is 5.96. The van der Waals surface area contributed by atoms with Crippen LogP contribution in [0.2, 0.25) is 0 Å². The lowest BCUT2D eigenvalue weighted by Gasteiger charge is -2.30. The van der Waals surface area contributed by atoms with Crippen molar-refractivity contribution in [3.8, 4) is 0 Å². The second-order valence-electron chi connectivity index (χ2n) is 7.56. The van der Waals surface area contributed by atoms with Gasteiger partial charge in [0.25, 0.3) is 11.9 Å². The third-order valence-corrected chi connectivity index (χ3v) is 5.55. The van der Waals surface area contributed by atoms with E-state index < -0.39 is 5.91 Å². The van der Waals surface area contributed by atoms with Crippen LogP contribution in [0.5, 0.6) is 0 Å². The quantitative estimate of drug-likeness (QED) is 0.499. The SMILES string of the molecule is O=C(NNC(=O)C1CCN(c2nc3ccccc3o2)CC1)c1ccc2ccccc2n1. The van der Waals surface area contributed by atoms with Crippen LogP contribution in [0.3, 0.4) is 0 Å². The molecule has 0 unspecified atom stereocenters. The van der Waals surface area contributed by atoms with E-state index in [9.17, 15) is 9.59 Å². The number of hydrazine groups is 1. The molecule has 1 saturated heterocycles. The van der Waals surface area contributed by atoms with Crippen molar-refractivity contribution in [3.05, 3.63) is 66.4 Å². The van der Waals surface area contributed by atoms with Gasteiger partial charge in [0.1, 0.15) is 11.2 Å². The monoisotopic (exact) mass is 415 g/mol. The first-order valence-corrected chi connectivity index (χ1v) is 10.2. The third-order valence-electron chi connectivity index (χ3n) is 5.55. The van der Waals surface area contributed by atoms with Gasteiger partial charge >= 0.3 is 0 Å². The molecule has 2 aromatic heterocycles. The predicted molar refractivity (Wildman–Crippen MR) is 116 cm³/mol. The standard InChI is InChI=1S/C23H21N5O3/c29-21(26-27-22(30)19-10-9-15-5-1-2-6-17(15)24-19)16-11-13-28(14-12-16)23-25-18-7-3-4-8-20(18)31-23/h1-10,16H,11-14H2,(H,26,29)(H,27,30). The van der Waals surface area contributed by atoms with Crippen LogP contribution < -0.4 is 15.8 Å². The molecule has 31 heavy (non-hydrogen) atoms. The summed E-state index contributed by atoms with van der Waals surface area (Å²) >= 11 is 0. The molecule has 8 heteroatoms. The molecule has 3 heterocycles. The zero-order valence-electron chi connectivity index (χ0n) is 16.7. The van der Waals surface area contributed by atoms with Gasteiger partial charge in [-0.15, -0.1) is 0 Å². The first-order valence-electron chi connectivity index (χ1n) is 10.2. The number of para-hydroxylation sites is 3. The molecule has 0 saturated carbocycles. The topological polar surface area (TPSA) is 100 Å². The molecule has 0 aliphatic carbocycles. The number of carbonyl (C=O) groups excluding carboxylic acids is 2. The van der Waals surface area contributed by atoms with Crippen LogP contribution >= 0.6 is 0 Å². The molecule has 2 amide bonds. The Morgan fingerprint density at radius 1 is 0.871 bits per heavy atom. The minimum atomic E-state index is -0.442. The average molecular weight is 415 g/mol. The number of hydrogen-bond acceptors (Lipinski definition) is 6. The summed E-state index contributed by atoms with van der Waals surface area (Å²) < 4.78 is 5.81. The number of hydrogen-bond donors (Lipinski definition) is 2. The van der Waals surface area contributed by atoms with Crippen LogP contribution in [0.4, 0.5) is 6.01 Å². The zero-order valence-corrected chi connectivity index (χ0v) is 16.7. The lowest BCUT2D eigenvalue weighted by atomic mass is 9.96. The van der Waals surface area contributed by atoms with Gasteiger partial charge in [0.05, 0.1) is 5.52 Å². The highest BCUT2D eigenvalue weighted by Crippen LogP contribution is 2.26. The molecule has 5 rings (SSSR count). The maximum atomic E-state index is 12.5. The van der Waals surface area contributed by atoms with Crippen molar-refractivity contribution < 1.29 is 14.0 Å². The number of nitrogens with one attached hydrogen (secondary N) is 2. The summed E-state index contributed by atoms with van der Waals surface area (Å²) in [5.41, 5.74) is 7.57. The normalized spacial score (nSPS) is 14.6. The highest BCUT2D eigenvalue weighted by Gasteiger charge is 2.27. The number of amides is 2. The number of rotatable bonds is 3. The second kappa shape index (κ2) is 8.06. The van der Waals surface area contributed by atoms with Gasteiger partial charge in [-0.05, 0) is 37.1 Å². The average Bonchev–Trinajstić information content (AvgIpc) is 3.26. The van der Waals surface area contributed by atoms with Crippen molar-refractivity contribution in [2.24, 2.45) is 5.92 Å². The number of pyridine rings is 1. The van der Waals surface area contributed by atoms with Gasteiger partial charge in [0.2, 0.25) is 5.91 Å². The summed E-state index contributed by atoms with van der Waals surface area (Å²) in [5.74, 6) is -0.833. The lowest BCUT2D eigenvalue weighted by molar-refractivity contribution is -0.126. The number of fused-ring (bicyclic) bond motifs is 2. The van der Waals surface area contributed by atoms with E-state index in [-0.39, 0.29) is 17.5 Å². The van der Waals surface area contributed by atoms with Crippen LogP contribution in [0, 0.1) is 5.92 Å². The summed E-state index contributed by atoms with van der Waals surface area (Å²) in [6.07, 6.45) is 1.29. The van der Waals surface area contributed by atoms with E-state index in [1.54, 1.807) is 6.07 Å². The Bertz CT molecular complexity index is 1230. The first kappa shape index (κ1) is 19.0. The fourth-order valence-electron chi connectivity index (χ4n) is 3.81. The van der Waals surface area contributed by atoms with Crippen LogP contribution in [-0.2, 0) is 4.79 Å². The molecule has 2 N–H and O–H groups in total.